The van der Waals surface area contributed by atoms with Crippen LogP contribution in [0.2, 0.25) is 0 Å². The molecule has 0 aliphatic rings. The Bertz CT molecular complexity index is 517. The number of amides is 1. The summed E-state index contributed by atoms with van der Waals surface area (Å²) in [6.45, 7) is 9.85. The standard InChI is InChI=1S/C15H25N3O4/c1-9(2)11-8-12(18-17-11)13(19)16-10(14(20)21)6-7-22-15(3,4)5/h8-10H,6-7H2,1-5H3,(H,16,19)(H,17,18)(H,20,21). The van der Waals surface area contributed by atoms with Gasteiger partial charge in [-0.2, -0.15) is 5.10 Å². The van der Waals surface area contributed by atoms with Gasteiger partial charge in [0.05, 0.1) is 5.60 Å². The molecule has 124 valence electrons. The van der Waals surface area contributed by atoms with Gasteiger partial charge in [0, 0.05) is 18.7 Å². The molecule has 1 heterocycles. The van der Waals surface area contributed by atoms with Gasteiger partial charge in [-0.1, -0.05) is 13.8 Å². The lowest BCUT2D eigenvalue weighted by atomic mass is 10.1. The zero-order valence-electron chi connectivity index (χ0n) is 13.8. The molecule has 1 aromatic rings. The van der Waals surface area contributed by atoms with Gasteiger partial charge in [0.15, 0.2) is 0 Å². The highest BCUT2D eigenvalue weighted by Crippen LogP contribution is 2.12. The van der Waals surface area contributed by atoms with Crippen LogP contribution in [0.15, 0.2) is 6.07 Å². The van der Waals surface area contributed by atoms with E-state index in [0.717, 1.165) is 5.69 Å². The molecule has 0 fully saturated rings. The van der Waals surface area contributed by atoms with E-state index in [2.05, 4.69) is 15.5 Å². The normalized spacial score (nSPS) is 13.2. The Hall–Kier alpha value is -1.89. The van der Waals surface area contributed by atoms with E-state index in [-0.39, 0.29) is 30.2 Å². The summed E-state index contributed by atoms with van der Waals surface area (Å²) in [6, 6.07) is 0.624. The van der Waals surface area contributed by atoms with Crippen molar-refractivity contribution in [1.82, 2.24) is 15.5 Å². The summed E-state index contributed by atoms with van der Waals surface area (Å²) in [4.78, 5) is 23.3. The van der Waals surface area contributed by atoms with Crippen molar-refractivity contribution in [2.45, 2.75) is 58.6 Å². The molecule has 0 bridgehead atoms. The zero-order chi connectivity index (χ0) is 16.9. The second-order valence-corrected chi connectivity index (χ2v) is 6.48. The topological polar surface area (TPSA) is 104 Å². The van der Waals surface area contributed by atoms with Crippen molar-refractivity contribution in [1.29, 1.82) is 0 Å². The van der Waals surface area contributed by atoms with Crippen molar-refractivity contribution < 1.29 is 19.4 Å². The maximum atomic E-state index is 12.1. The molecule has 0 saturated heterocycles. The van der Waals surface area contributed by atoms with Crippen molar-refractivity contribution in [2.75, 3.05) is 6.61 Å². The van der Waals surface area contributed by atoms with E-state index in [4.69, 9.17) is 4.74 Å². The summed E-state index contributed by atoms with van der Waals surface area (Å²) in [5.41, 5.74) is 0.668. The predicted octanol–water partition coefficient (Wildman–Crippen LogP) is 1.92. The highest BCUT2D eigenvalue weighted by Gasteiger charge is 2.23. The molecule has 0 radical (unpaired) electrons. The zero-order valence-corrected chi connectivity index (χ0v) is 13.8. The number of carbonyl (C=O) groups excluding carboxylic acids is 1. The van der Waals surface area contributed by atoms with Crippen LogP contribution in [0.5, 0.6) is 0 Å². The van der Waals surface area contributed by atoms with Crippen LogP contribution < -0.4 is 5.32 Å². The highest BCUT2D eigenvalue weighted by molar-refractivity contribution is 5.95. The van der Waals surface area contributed by atoms with Crippen LogP contribution in [0, 0.1) is 0 Å². The van der Waals surface area contributed by atoms with Gasteiger partial charge in [0.25, 0.3) is 5.91 Å². The Morgan fingerprint density at radius 1 is 1.41 bits per heavy atom. The van der Waals surface area contributed by atoms with Crippen LogP contribution in [-0.4, -0.2) is 45.4 Å². The largest absolute Gasteiger partial charge is 0.480 e. The Morgan fingerprint density at radius 2 is 2.05 bits per heavy atom. The van der Waals surface area contributed by atoms with Gasteiger partial charge in [0.1, 0.15) is 11.7 Å². The molecule has 0 aromatic carbocycles. The van der Waals surface area contributed by atoms with Crippen LogP contribution in [-0.2, 0) is 9.53 Å². The number of aromatic amines is 1. The number of nitrogens with zero attached hydrogens (tertiary/aromatic N) is 1. The number of carboxylic acid groups (broad SMARTS) is 1. The lowest BCUT2D eigenvalue weighted by Crippen LogP contribution is -2.42. The number of aliphatic carboxylic acids is 1. The van der Waals surface area contributed by atoms with E-state index in [9.17, 15) is 14.7 Å². The molecule has 0 saturated carbocycles. The Balaban J connectivity index is 2.62. The summed E-state index contributed by atoms with van der Waals surface area (Å²) >= 11 is 0. The van der Waals surface area contributed by atoms with E-state index in [1.807, 2.05) is 34.6 Å². The SMILES string of the molecule is CC(C)c1cc(C(=O)NC(CCOC(C)(C)C)C(=O)O)n[nH]1. The molecule has 1 amide bonds. The van der Waals surface area contributed by atoms with Gasteiger partial charge in [-0.15, -0.1) is 0 Å². The number of aromatic nitrogens is 2. The van der Waals surface area contributed by atoms with Crippen molar-refractivity contribution in [2.24, 2.45) is 0 Å². The average Bonchev–Trinajstić information content (AvgIpc) is 2.85. The minimum atomic E-state index is -1.09. The minimum absolute atomic E-state index is 0.187. The molecule has 0 spiro atoms. The number of hydrogen-bond acceptors (Lipinski definition) is 4. The molecule has 1 aromatic heterocycles. The quantitative estimate of drug-likeness (QED) is 0.713. The maximum absolute atomic E-state index is 12.1. The first kappa shape index (κ1) is 18.2. The summed E-state index contributed by atoms with van der Waals surface area (Å²) in [5, 5.41) is 18.3. The predicted molar refractivity (Wildman–Crippen MR) is 81.9 cm³/mol. The number of hydrogen-bond donors (Lipinski definition) is 3. The Kier molecular flexibility index (Phi) is 6.11. The fourth-order valence-electron chi connectivity index (χ4n) is 1.72. The van der Waals surface area contributed by atoms with Crippen molar-refractivity contribution in [3.05, 3.63) is 17.5 Å². The molecular formula is C15H25N3O4. The van der Waals surface area contributed by atoms with Crippen molar-refractivity contribution in [3.63, 3.8) is 0 Å². The van der Waals surface area contributed by atoms with Gasteiger partial charge >= 0.3 is 5.97 Å². The van der Waals surface area contributed by atoms with Crippen LogP contribution in [0.25, 0.3) is 0 Å². The first-order valence-corrected chi connectivity index (χ1v) is 7.33. The Labute approximate surface area is 130 Å². The average molecular weight is 311 g/mol. The van der Waals surface area contributed by atoms with E-state index in [1.165, 1.54) is 0 Å². The molecule has 1 unspecified atom stereocenters. The smallest absolute Gasteiger partial charge is 0.326 e. The second kappa shape index (κ2) is 7.40. The third-order valence-corrected chi connectivity index (χ3v) is 3.00. The van der Waals surface area contributed by atoms with Crippen molar-refractivity contribution in [3.8, 4) is 0 Å². The third-order valence-electron chi connectivity index (χ3n) is 3.00. The van der Waals surface area contributed by atoms with Gasteiger partial charge in [-0.05, 0) is 32.8 Å². The maximum Gasteiger partial charge on any atom is 0.326 e. The first-order valence-electron chi connectivity index (χ1n) is 7.33. The van der Waals surface area contributed by atoms with Crippen LogP contribution in [0.3, 0.4) is 0 Å². The number of carbonyl (C=O) groups is 2. The molecule has 1 atom stereocenters. The number of ether oxygens (including phenoxy) is 1. The van der Waals surface area contributed by atoms with Gasteiger partial charge < -0.3 is 15.2 Å². The molecule has 22 heavy (non-hydrogen) atoms. The summed E-state index contributed by atoms with van der Waals surface area (Å²) in [6.07, 6.45) is 0.194. The van der Waals surface area contributed by atoms with Crippen LogP contribution in [0.1, 0.15) is 63.1 Å². The molecule has 1 rings (SSSR count). The highest BCUT2D eigenvalue weighted by atomic mass is 16.5. The van der Waals surface area contributed by atoms with Gasteiger partial charge in [-0.25, -0.2) is 4.79 Å². The molecule has 3 N–H and O–H groups in total. The second-order valence-electron chi connectivity index (χ2n) is 6.48. The minimum Gasteiger partial charge on any atom is -0.480 e. The van der Waals surface area contributed by atoms with Gasteiger partial charge in [-0.3, -0.25) is 9.89 Å². The molecule has 7 heteroatoms. The lowest BCUT2D eigenvalue weighted by molar-refractivity contribution is -0.140. The summed E-state index contributed by atoms with van der Waals surface area (Å²) in [7, 11) is 0. The summed E-state index contributed by atoms with van der Waals surface area (Å²) < 4.78 is 5.50. The Morgan fingerprint density at radius 3 is 2.50 bits per heavy atom. The van der Waals surface area contributed by atoms with Crippen LogP contribution in [0.4, 0.5) is 0 Å². The number of carboxylic acids is 1. The van der Waals surface area contributed by atoms with E-state index in [0.29, 0.717) is 0 Å². The first-order chi connectivity index (χ1) is 10.1. The van der Waals surface area contributed by atoms with Crippen molar-refractivity contribution >= 4 is 11.9 Å². The monoisotopic (exact) mass is 311 g/mol. The third kappa shape index (κ3) is 5.85. The molecular weight excluding hydrogens is 286 g/mol. The molecule has 0 aliphatic heterocycles. The van der Waals surface area contributed by atoms with Gasteiger partial charge in [0.2, 0.25) is 0 Å². The van der Waals surface area contributed by atoms with E-state index < -0.39 is 17.9 Å². The number of rotatable bonds is 7. The fraction of sp³-hybridized carbons (Fsp3) is 0.667. The lowest BCUT2D eigenvalue weighted by Gasteiger charge is -2.21. The number of H-pyrrole nitrogens is 1. The molecule has 0 aliphatic carbocycles. The van der Waals surface area contributed by atoms with E-state index in [1.54, 1.807) is 6.07 Å². The molecule has 7 nitrogen and oxygen atoms in total. The summed E-state index contributed by atoms with van der Waals surface area (Å²) in [5.74, 6) is -1.39. The number of nitrogens with one attached hydrogen (secondary N) is 2. The van der Waals surface area contributed by atoms with Crippen LogP contribution >= 0.6 is 0 Å². The fourth-order valence-corrected chi connectivity index (χ4v) is 1.72. The van der Waals surface area contributed by atoms with E-state index >= 15 is 0 Å².